The second kappa shape index (κ2) is 5.65. The summed E-state index contributed by atoms with van der Waals surface area (Å²) in [6.45, 7) is 3.97. The normalized spacial score (nSPS) is 21.1. The molecule has 0 fully saturated rings. The number of anilines is 1. The van der Waals surface area contributed by atoms with Gasteiger partial charge in [-0.3, -0.25) is 4.31 Å². The number of hydrogen-bond acceptors (Lipinski definition) is 3. The second-order valence-electron chi connectivity index (χ2n) is 6.36. The summed E-state index contributed by atoms with van der Waals surface area (Å²) in [6, 6.07) is 14.7. The number of aryl methyl sites for hydroxylation is 1. The molecule has 0 spiro atoms. The summed E-state index contributed by atoms with van der Waals surface area (Å²) in [5.41, 5.74) is 2.07. The van der Waals surface area contributed by atoms with Crippen molar-refractivity contribution in [1.29, 1.82) is 0 Å². The van der Waals surface area contributed by atoms with E-state index in [1.165, 1.54) is 4.31 Å². The molecule has 0 aliphatic carbocycles. The highest BCUT2D eigenvalue weighted by Crippen LogP contribution is 2.39. The highest BCUT2D eigenvalue weighted by atomic mass is 32.2. The third kappa shape index (κ3) is 3.12. The van der Waals surface area contributed by atoms with Gasteiger partial charge in [0, 0.05) is 12.1 Å². The van der Waals surface area contributed by atoms with Crippen molar-refractivity contribution in [2.75, 3.05) is 10.8 Å². The number of fused-ring (bicyclic) bond motifs is 1. The van der Waals surface area contributed by atoms with Crippen LogP contribution >= 0.6 is 0 Å². The standard InChI is InChI=1S/C18H21NO3S/c1-14-6-5-7-15(12-14)13-23(21,22)19-11-10-18(2,20)16-8-3-4-9-17(16)19/h3-9,12,20H,10-11,13H2,1-2H3. The number of hydrogen-bond donors (Lipinski definition) is 1. The molecule has 0 bridgehead atoms. The molecule has 1 aliphatic rings. The van der Waals surface area contributed by atoms with Crippen LogP contribution in [0.3, 0.4) is 0 Å². The molecule has 4 nitrogen and oxygen atoms in total. The van der Waals surface area contributed by atoms with Gasteiger partial charge in [-0.05, 0) is 31.9 Å². The van der Waals surface area contributed by atoms with Gasteiger partial charge in [-0.1, -0.05) is 48.0 Å². The van der Waals surface area contributed by atoms with Gasteiger partial charge in [0.05, 0.1) is 17.0 Å². The Morgan fingerprint density at radius 3 is 2.65 bits per heavy atom. The van der Waals surface area contributed by atoms with Gasteiger partial charge in [0.2, 0.25) is 10.0 Å². The predicted octanol–water partition coefficient (Wildman–Crippen LogP) is 2.94. The lowest BCUT2D eigenvalue weighted by atomic mass is 9.88. The molecule has 3 rings (SSSR count). The van der Waals surface area contributed by atoms with Crippen molar-refractivity contribution in [3.8, 4) is 0 Å². The molecule has 1 N–H and O–H groups in total. The molecular weight excluding hydrogens is 310 g/mol. The van der Waals surface area contributed by atoms with Gasteiger partial charge in [-0.15, -0.1) is 0 Å². The van der Waals surface area contributed by atoms with Crippen LogP contribution in [0.15, 0.2) is 48.5 Å². The molecule has 0 radical (unpaired) electrons. The van der Waals surface area contributed by atoms with Crippen LogP contribution in [0.1, 0.15) is 30.0 Å². The minimum atomic E-state index is -3.49. The molecular formula is C18H21NO3S. The first-order valence-electron chi connectivity index (χ1n) is 7.67. The van der Waals surface area contributed by atoms with Crippen molar-refractivity contribution in [1.82, 2.24) is 0 Å². The van der Waals surface area contributed by atoms with Crippen molar-refractivity contribution in [2.45, 2.75) is 31.6 Å². The van der Waals surface area contributed by atoms with Gasteiger partial charge in [0.15, 0.2) is 0 Å². The highest BCUT2D eigenvalue weighted by molar-refractivity contribution is 7.92. The Bertz CT molecular complexity index is 828. The van der Waals surface area contributed by atoms with E-state index in [4.69, 9.17) is 0 Å². The molecule has 1 unspecified atom stereocenters. The van der Waals surface area contributed by atoms with E-state index >= 15 is 0 Å². The molecule has 0 aromatic heterocycles. The van der Waals surface area contributed by atoms with Crippen LogP contribution in [0.5, 0.6) is 0 Å². The summed E-state index contributed by atoms with van der Waals surface area (Å²) >= 11 is 0. The van der Waals surface area contributed by atoms with E-state index in [2.05, 4.69) is 0 Å². The minimum absolute atomic E-state index is 0.0366. The van der Waals surface area contributed by atoms with Crippen LogP contribution in [0.2, 0.25) is 0 Å². The van der Waals surface area contributed by atoms with E-state index in [1.54, 1.807) is 25.1 Å². The molecule has 1 aliphatic heterocycles. The van der Waals surface area contributed by atoms with Crippen LogP contribution in [-0.2, 0) is 21.4 Å². The number of para-hydroxylation sites is 1. The maximum Gasteiger partial charge on any atom is 0.239 e. The largest absolute Gasteiger partial charge is 0.385 e. The summed E-state index contributed by atoms with van der Waals surface area (Å²) in [5, 5.41) is 10.5. The molecule has 1 atom stereocenters. The topological polar surface area (TPSA) is 57.6 Å². The fourth-order valence-electron chi connectivity index (χ4n) is 3.10. The molecule has 0 saturated heterocycles. The fourth-order valence-corrected chi connectivity index (χ4v) is 4.69. The summed E-state index contributed by atoms with van der Waals surface area (Å²) in [5.74, 6) is -0.0366. The zero-order chi connectivity index (χ0) is 16.7. The molecule has 2 aromatic rings. The summed E-state index contributed by atoms with van der Waals surface area (Å²) in [4.78, 5) is 0. The van der Waals surface area contributed by atoms with Gasteiger partial charge < -0.3 is 5.11 Å². The third-order valence-corrected chi connectivity index (χ3v) is 6.07. The lowest BCUT2D eigenvalue weighted by molar-refractivity contribution is 0.0472. The van der Waals surface area contributed by atoms with Gasteiger partial charge in [0.25, 0.3) is 0 Å². The van der Waals surface area contributed by atoms with Crippen molar-refractivity contribution >= 4 is 15.7 Å². The number of sulfonamides is 1. The Morgan fingerprint density at radius 1 is 1.17 bits per heavy atom. The van der Waals surface area contributed by atoms with Crippen LogP contribution in [0.4, 0.5) is 5.69 Å². The second-order valence-corrected chi connectivity index (χ2v) is 8.25. The van der Waals surface area contributed by atoms with Crippen molar-refractivity contribution in [3.05, 3.63) is 65.2 Å². The molecule has 1 heterocycles. The molecule has 122 valence electrons. The van der Waals surface area contributed by atoms with Crippen LogP contribution in [0, 0.1) is 6.92 Å². The molecule has 0 amide bonds. The monoisotopic (exact) mass is 331 g/mol. The van der Waals surface area contributed by atoms with E-state index in [0.29, 0.717) is 17.7 Å². The smallest absolute Gasteiger partial charge is 0.239 e. The van der Waals surface area contributed by atoms with Crippen molar-refractivity contribution < 1.29 is 13.5 Å². The predicted molar refractivity (Wildman–Crippen MR) is 91.8 cm³/mol. The first kappa shape index (κ1) is 16.0. The number of nitrogens with zero attached hydrogens (tertiary/aromatic N) is 1. The lowest BCUT2D eigenvalue weighted by Crippen LogP contribution is -2.42. The van der Waals surface area contributed by atoms with Crippen molar-refractivity contribution in [2.24, 2.45) is 0 Å². The zero-order valence-electron chi connectivity index (χ0n) is 13.4. The van der Waals surface area contributed by atoms with E-state index in [0.717, 1.165) is 11.1 Å². The number of rotatable bonds is 3. The third-order valence-electron chi connectivity index (χ3n) is 4.32. The summed E-state index contributed by atoms with van der Waals surface area (Å²) in [6.07, 6.45) is 0.386. The summed E-state index contributed by atoms with van der Waals surface area (Å²) < 4.78 is 27.2. The molecule has 5 heteroatoms. The van der Waals surface area contributed by atoms with Crippen LogP contribution in [0.25, 0.3) is 0 Å². The first-order chi connectivity index (χ1) is 10.8. The van der Waals surface area contributed by atoms with Crippen LogP contribution in [-0.4, -0.2) is 20.1 Å². The fraction of sp³-hybridized carbons (Fsp3) is 0.333. The van der Waals surface area contributed by atoms with Gasteiger partial charge in [-0.2, -0.15) is 0 Å². The average molecular weight is 331 g/mol. The Labute approximate surface area is 137 Å². The average Bonchev–Trinajstić information content (AvgIpc) is 2.46. The van der Waals surface area contributed by atoms with E-state index in [-0.39, 0.29) is 12.3 Å². The lowest BCUT2D eigenvalue weighted by Gasteiger charge is -2.38. The Balaban J connectivity index is 1.98. The van der Waals surface area contributed by atoms with Gasteiger partial charge >= 0.3 is 0 Å². The maximum atomic E-state index is 12.9. The Hall–Kier alpha value is -1.85. The van der Waals surface area contributed by atoms with Gasteiger partial charge in [-0.25, -0.2) is 8.42 Å². The molecule has 23 heavy (non-hydrogen) atoms. The number of aliphatic hydroxyl groups is 1. The van der Waals surface area contributed by atoms with Gasteiger partial charge in [0.1, 0.15) is 0 Å². The Kier molecular flexibility index (Phi) is 3.94. The quantitative estimate of drug-likeness (QED) is 0.941. The number of benzene rings is 2. The van der Waals surface area contributed by atoms with Crippen LogP contribution < -0.4 is 4.31 Å². The van der Waals surface area contributed by atoms with E-state index < -0.39 is 15.6 Å². The van der Waals surface area contributed by atoms with E-state index in [9.17, 15) is 13.5 Å². The van der Waals surface area contributed by atoms with Crippen molar-refractivity contribution in [3.63, 3.8) is 0 Å². The maximum absolute atomic E-state index is 12.9. The highest BCUT2D eigenvalue weighted by Gasteiger charge is 2.37. The zero-order valence-corrected chi connectivity index (χ0v) is 14.2. The molecule has 0 saturated carbocycles. The first-order valence-corrected chi connectivity index (χ1v) is 9.28. The molecule has 2 aromatic carbocycles. The Morgan fingerprint density at radius 2 is 1.91 bits per heavy atom. The van der Waals surface area contributed by atoms with E-state index in [1.807, 2.05) is 37.3 Å². The minimum Gasteiger partial charge on any atom is -0.385 e. The summed E-state index contributed by atoms with van der Waals surface area (Å²) in [7, 11) is -3.49. The SMILES string of the molecule is Cc1cccc(CS(=O)(=O)N2CCC(C)(O)c3ccccc32)c1.